The van der Waals surface area contributed by atoms with E-state index in [4.69, 9.17) is 5.26 Å². The number of hydrogen-bond donors (Lipinski definition) is 1. The summed E-state index contributed by atoms with van der Waals surface area (Å²) in [4.78, 5) is 15.7. The van der Waals surface area contributed by atoms with Gasteiger partial charge < -0.3 is 4.98 Å². The lowest BCUT2D eigenvalue weighted by molar-refractivity contribution is 0.904. The van der Waals surface area contributed by atoms with Crippen LogP contribution in [0.1, 0.15) is 11.1 Å². The van der Waals surface area contributed by atoms with Gasteiger partial charge in [0.25, 0.3) is 5.56 Å². The molecule has 120 valence electrons. The number of aromatic amines is 1. The zero-order valence-corrected chi connectivity index (χ0v) is 13.5. The molecule has 5 heteroatoms. The number of nitrogens with zero attached hydrogens (tertiary/aromatic N) is 3. The van der Waals surface area contributed by atoms with E-state index in [1.807, 2.05) is 43.3 Å². The molecule has 1 N–H and O–H groups in total. The van der Waals surface area contributed by atoms with Crippen molar-refractivity contribution in [2.24, 2.45) is 0 Å². The third-order valence-electron chi connectivity index (χ3n) is 4.17. The number of fused-ring (bicyclic) bond motifs is 1. The molecule has 0 spiro atoms. The second-order valence-corrected chi connectivity index (χ2v) is 5.86. The summed E-state index contributed by atoms with van der Waals surface area (Å²) in [6, 6.07) is 20.5. The maximum absolute atomic E-state index is 12.5. The first kappa shape index (κ1) is 14.9. The van der Waals surface area contributed by atoms with Crippen molar-refractivity contribution in [3.05, 3.63) is 82.1 Å². The standard InChI is InChI=1S/C20H14N4O/c1-13-5-2-3-8-16(13)18-10-19-22-17(11-20(25)24(19)23-18)15-7-4-6-14(9-15)12-21/h2-11,22H,1H3. The molecule has 0 saturated heterocycles. The van der Waals surface area contributed by atoms with Crippen LogP contribution in [0.5, 0.6) is 0 Å². The van der Waals surface area contributed by atoms with Crippen LogP contribution in [0, 0.1) is 18.3 Å². The van der Waals surface area contributed by atoms with E-state index in [2.05, 4.69) is 16.2 Å². The van der Waals surface area contributed by atoms with Crippen LogP contribution in [0.2, 0.25) is 0 Å². The molecule has 0 aliphatic carbocycles. The van der Waals surface area contributed by atoms with Gasteiger partial charge in [-0.05, 0) is 30.2 Å². The average Bonchev–Trinajstić information content (AvgIpc) is 3.06. The summed E-state index contributed by atoms with van der Waals surface area (Å²) in [6.07, 6.45) is 0. The smallest absolute Gasteiger partial charge is 0.274 e. The lowest BCUT2D eigenvalue weighted by atomic mass is 10.1. The number of hydrogen-bond acceptors (Lipinski definition) is 3. The molecule has 0 atom stereocenters. The number of aromatic nitrogens is 3. The molecule has 0 fully saturated rings. The van der Waals surface area contributed by atoms with E-state index < -0.39 is 0 Å². The number of benzene rings is 2. The Labute approximate surface area is 143 Å². The Morgan fingerprint density at radius 1 is 1.08 bits per heavy atom. The van der Waals surface area contributed by atoms with E-state index >= 15 is 0 Å². The number of nitriles is 1. The SMILES string of the molecule is Cc1ccccc1-c1cc2[nH]c(-c3cccc(C#N)c3)cc(=O)n2n1. The van der Waals surface area contributed by atoms with Gasteiger partial charge in [0.05, 0.1) is 23.0 Å². The molecule has 0 aliphatic rings. The molecule has 0 saturated carbocycles. The first-order valence-electron chi connectivity index (χ1n) is 7.85. The fraction of sp³-hybridized carbons (Fsp3) is 0.0500. The first-order chi connectivity index (χ1) is 12.2. The van der Waals surface area contributed by atoms with Crippen molar-refractivity contribution in [1.29, 1.82) is 5.26 Å². The second kappa shape index (κ2) is 5.77. The molecule has 5 nitrogen and oxygen atoms in total. The molecule has 2 heterocycles. The molecule has 4 aromatic rings. The Kier molecular flexibility index (Phi) is 3.44. The summed E-state index contributed by atoms with van der Waals surface area (Å²) in [5, 5.41) is 13.5. The largest absolute Gasteiger partial charge is 0.339 e. The molecule has 2 aromatic carbocycles. The summed E-state index contributed by atoms with van der Waals surface area (Å²) in [7, 11) is 0. The van der Waals surface area contributed by atoms with Gasteiger partial charge in [0.1, 0.15) is 5.65 Å². The van der Waals surface area contributed by atoms with Crippen molar-refractivity contribution in [2.75, 3.05) is 0 Å². The Hall–Kier alpha value is -3.65. The maximum Gasteiger partial charge on any atom is 0.274 e. The quantitative estimate of drug-likeness (QED) is 0.612. The third kappa shape index (κ3) is 2.60. The summed E-state index contributed by atoms with van der Waals surface area (Å²) >= 11 is 0. The lowest BCUT2D eigenvalue weighted by Crippen LogP contribution is -2.14. The van der Waals surface area contributed by atoms with Crippen LogP contribution in [-0.2, 0) is 0 Å². The van der Waals surface area contributed by atoms with Crippen LogP contribution in [0.4, 0.5) is 0 Å². The number of aryl methyl sites for hydroxylation is 1. The summed E-state index contributed by atoms with van der Waals surface area (Å²) in [5.74, 6) is 0. The molecule has 0 unspecified atom stereocenters. The van der Waals surface area contributed by atoms with Crippen LogP contribution in [-0.4, -0.2) is 14.6 Å². The molecule has 25 heavy (non-hydrogen) atoms. The minimum Gasteiger partial charge on any atom is -0.339 e. The predicted molar refractivity (Wildman–Crippen MR) is 96.1 cm³/mol. The minimum atomic E-state index is -0.217. The Morgan fingerprint density at radius 2 is 1.92 bits per heavy atom. The minimum absolute atomic E-state index is 0.217. The van der Waals surface area contributed by atoms with E-state index in [1.165, 1.54) is 10.6 Å². The van der Waals surface area contributed by atoms with E-state index in [9.17, 15) is 4.79 Å². The monoisotopic (exact) mass is 326 g/mol. The zero-order chi connectivity index (χ0) is 17.4. The molecule has 0 aliphatic heterocycles. The molecule has 0 amide bonds. The van der Waals surface area contributed by atoms with Crippen molar-refractivity contribution in [3.63, 3.8) is 0 Å². The van der Waals surface area contributed by atoms with Gasteiger partial charge in [0.2, 0.25) is 0 Å². The molecule has 0 radical (unpaired) electrons. The van der Waals surface area contributed by atoms with Crippen LogP contribution < -0.4 is 5.56 Å². The van der Waals surface area contributed by atoms with Gasteiger partial charge in [-0.3, -0.25) is 4.79 Å². The van der Waals surface area contributed by atoms with Gasteiger partial charge in [0, 0.05) is 17.7 Å². The van der Waals surface area contributed by atoms with Gasteiger partial charge in [-0.25, -0.2) is 0 Å². The Bertz CT molecular complexity index is 1190. The summed E-state index contributed by atoms with van der Waals surface area (Å²) in [6.45, 7) is 2.01. The summed E-state index contributed by atoms with van der Waals surface area (Å²) in [5.41, 5.74) is 5.23. The fourth-order valence-corrected chi connectivity index (χ4v) is 2.90. The van der Waals surface area contributed by atoms with Crippen LogP contribution in [0.3, 0.4) is 0 Å². The lowest BCUT2D eigenvalue weighted by Gasteiger charge is -2.02. The number of nitrogens with one attached hydrogen (secondary N) is 1. The fourth-order valence-electron chi connectivity index (χ4n) is 2.90. The molecular weight excluding hydrogens is 312 g/mol. The van der Waals surface area contributed by atoms with Gasteiger partial charge in [-0.2, -0.15) is 14.9 Å². The van der Waals surface area contributed by atoms with E-state index in [0.717, 1.165) is 22.4 Å². The maximum atomic E-state index is 12.5. The normalized spacial score (nSPS) is 10.7. The first-order valence-corrected chi connectivity index (χ1v) is 7.85. The van der Waals surface area contributed by atoms with E-state index in [0.29, 0.717) is 16.9 Å². The average molecular weight is 326 g/mol. The van der Waals surface area contributed by atoms with Crippen LogP contribution >= 0.6 is 0 Å². The van der Waals surface area contributed by atoms with E-state index in [-0.39, 0.29) is 5.56 Å². The van der Waals surface area contributed by atoms with E-state index in [1.54, 1.807) is 18.2 Å². The van der Waals surface area contributed by atoms with Gasteiger partial charge >= 0.3 is 0 Å². The Balaban J connectivity index is 1.89. The third-order valence-corrected chi connectivity index (χ3v) is 4.17. The predicted octanol–water partition coefficient (Wildman–Crippen LogP) is 3.54. The van der Waals surface area contributed by atoms with Gasteiger partial charge in [-0.1, -0.05) is 36.4 Å². The number of H-pyrrole nitrogens is 1. The Morgan fingerprint density at radius 3 is 2.72 bits per heavy atom. The molecule has 0 bridgehead atoms. The van der Waals surface area contributed by atoms with Gasteiger partial charge in [-0.15, -0.1) is 0 Å². The molecular formula is C20H14N4O. The topological polar surface area (TPSA) is 74.0 Å². The highest BCUT2D eigenvalue weighted by Gasteiger charge is 2.11. The van der Waals surface area contributed by atoms with Crippen LogP contribution in [0.25, 0.3) is 28.2 Å². The van der Waals surface area contributed by atoms with Crippen molar-refractivity contribution < 1.29 is 0 Å². The number of rotatable bonds is 2. The highest BCUT2D eigenvalue weighted by atomic mass is 16.1. The molecule has 4 rings (SSSR count). The summed E-state index contributed by atoms with van der Waals surface area (Å²) < 4.78 is 1.36. The van der Waals surface area contributed by atoms with Crippen molar-refractivity contribution in [3.8, 4) is 28.6 Å². The van der Waals surface area contributed by atoms with Gasteiger partial charge in [0.15, 0.2) is 0 Å². The second-order valence-electron chi connectivity index (χ2n) is 5.86. The highest BCUT2D eigenvalue weighted by molar-refractivity contribution is 5.69. The molecule has 2 aromatic heterocycles. The van der Waals surface area contributed by atoms with Crippen molar-refractivity contribution in [2.45, 2.75) is 6.92 Å². The van der Waals surface area contributed by atoms with Crippen molar-refractivity contribution >= 4 is 5.65 Å². The van der Waals surface area contributed by atoms with Crippen molar-refractivity contribution in [1.82, 2.24) is 14.6 Å². The van der Waals surface area contributed by atoms with Crippen LogP contribution in [0.15, 0.2) is 65.5 Å². The zero-order valence-electron chi connectivity index (χ0n) is 13.5. The highest BCUT2D eigenvalue weighted by Crippen LogP contribution is 2.23.